The average Bonchev–Trinajstić information content (AvgIpc) is 3.10. The zero-order chi connectivity index (χ0) is 35.1. The fourth-order valence-corrected chi connectivity index (χ4v) is 7.39. The molecular weight excluding hydrogens is 635 g/mol. The Bertz CT molecular complexity index is 1650. The van der Waals surface area contributed by atoms with Crippen molar-refractivity contribution in [1.82, 2.24) is 4.98 Å². The molecule has 4 unspecified atom stereocenters. The number of rotatable bonds is 21. The van der Waals surface area contributed by atoms with Crippen molar-refractivity contribution in [2.45, 2.75) is 108 Å². The van der Waals surface area contributed by atoms with Crippen molar-refractivity contribution < 1.29 is 32.0 Å². The van der Waals surface area contributed by atoms with Crippen LogP contribution in [0.2, 0.25) is 0 Å². The fourth-order valence-electron chi connectivity index (χ4n) is 6.90. The monoisotopic (exact) mass is 687 g/mol. The van der Waals surface area contributed by atoms with Crippen molar-refractivity contribution in [2.75, 3.05) is 5.75 Å². The molecule has 4 atom stereocenters. The van der Waals surface area contributed by atoms with Gasteiger partial charge >= 0.3 is 5.97 Å². The Hall–Kier alpha value is -3.95. The zero-order valence-electron chi connectivity index (χ0n) is 29.0. The van der Waals surface area contributed by atoms with Crippen LogP contribution in [0.4, 0.5) is 0 Å². The normalized spacial score (nSPS) is 14.2. The predicted molar refractivity (Wildman–Crippen MR) is 192 cm³/mol. The Labute approximate surface area is 292 Å². The van der Waals surface area contributed by atoms with Gasteiger partial charge in [-0.3, -0.25) is 14.3 Å². The van der Waals surface area contributed by atoms with Crippen LogP contribution in [0.25, 0.3) is 0 Å². The van der Waals surface area contributed by atoms with Gasteiger partial charge in [0.05, 0.1) is 5.75 Å². The molecule has 9 heteroatoms. The maximum atomic E-state index is 11.2. The van der Waals surface area contributed by atoms with Gasteiger partial charge in [-0.25, -0.2) is 9.13 Å². The number of hydrogen-bond acceptors (Lipinski definition) is 4. The van der Waals surface area contributed by atoms with E-state index >= 15 is 0 Å². The van der Waals surface area contributed by atoms with E-state index in [-0.39, 0.29) is 12.2 Å². The molecule has 3 heterocycles. The minimum Gasteiger partial charge on any atom is -0.481 e. The highest BCUT2D eigenvalue weighted by molar-refractivity contribution is 7.85. The number of carboxylic acid groups (broad SMARTS) is 1. The van der Waals surface area contributed by atoms with Gasteiger partial charge in [-0.2, -0.15) is 8.42 Å². The second kappa shape index (κ2) is 19.3. The number of pyridine rings is 3. The molecule has 4 rings (SSSR count). The van der Waals surface area contributed by atoms with Gasteiger partial charge < -0.3 is 5.11 Å². The van der Waals surface area contributed by atoms with Crippen molar-refractivity contribution in [2.24, 2.45) is 0 Å². The number of aryl methyl sites for hydroxylation is 2. The van der Waals surface area contributed by atoms with Gasteiger partial charge in [0, 0.05) is 55.9 Å². The van der Waals surface area contributed by atoms with Gasteiger partial charge in [-0.1, -0.05) is 44.2 Å². The van der Waals surface area contributed by atoms with Crippen LogP contribution in [-0.2, 0) is 28.0 Å². The first-order valence-electron chi connectivity index (χ1n) is 17.7. The highest BCUT2D eigenvalue weighted by Gasteiger charge is 2.26. The van der Waals surface area contributed by atoms with Crippen molar-refractivity contribution in [1.29, 1.82) is 0 Å². The first-order chi connectivity index (χ1) is 23.6. The van der Waals surface area contributed by atoms with Crippen LogP contribution in [0, 0.1) is 0 Å². The number of hydrogen-bond donors (Lipinski definition) is 2. The zero-order valence-corrected chi connectivity index (χ0v) is 29.8. The number of carboxylic acids is 1. The van der Waals surface area contributed by atoms with Gasteiger partial charge in [0.1, 0.15) is 13.1 Å². The fraction of sp³-hybridized carbons (Fsp3) is 0.450. The number of carbonyl (C=O) groups is 1. The molecule has 262 valence electrons. The molecule has 0 aliphatic heterocycles. The molecular formula is C40H53N3O5S+2. The largest absolute Gasteiger partial charge is 0.481 e. The van der Waals surface area contributed by atoms with E-state index in [1.54, 1.807) is 0 Å². The molecule has 0 spiro atoms. The van der Waals surface area contributed by atoms with Crippen LogP contribution in [0.3, 0.4) is 0 Å². The summed E-state index contributed by atoms with van der Waals surface area (Å²) in [5.74, 6) is 0.392. The molecule has 4 aromatic rings. The minimum absolute atomic E-state index is 0.223. The smallest absolute Gasteiger partial charge is 0.303 e. The Morgan fingerprint density at radius 1 is 0.694 bits per heavy atom. The van der Waals surface area contributed by atoms with Crippen LogP contribution in [0.1, 0.15) is 118 Å². The molecule has 0 saturated heterocycles. The summed E-state index contributed by atoms with van der Waals surface area (Å²) in [6.45, 7) is 5.96. The Morgan fingerprint density at radius 2 is 1.22 bits per heavy atom. The number of benzene rings is 1. The van der Waals surface area contributed by atoms with Gasteiger partial charge in [-0.05, 0) is 96.6 Å². The Morgan fingerprint density at radius 3 is 1.80 bits per heavy atom. The standard InChI is InChI=1S/C40H51N3O5S/c1-3-33(36-16-24-43(25-17-36)23-10-28-49(46,47)48)30-39(37-18-26-42(27-19-37)22-9-5-8-13-40(44)45)31-38(35-14-20-41-21-15-35)29-32(2)34-11-6-4-7-12-34/h4,6-7,11-12,14-21,24-27,32-33,38-39H,3,5,8-10,13,22-23,28-31H2,1-2H3/p+2. The van der Waals surface area contributed by atoms with E-state index in [2.05, 4.69) is 103 Å². The lowest BCUT2D eigenvalue weighted by Crippen LogP contribution is -2.33. The molecule has 1 aromatic carbocycles. The number of aliphatic carboxylic acids is 1. The van der Waals surface area contributed by atoms with Gasteiger partial charge in [0.2, 0.25) is 0 Å². The van der Waals surface area contributed by atoms with Crippen LogP contribution >= 0.6 is 0 Å². The minimum atomic E-state index is -3.96. The second-order valence-corrected chi connectivity index (χ2v) is 15.0. The lowest BCUT2D eigenvalue weighted by Gasteiger charge is -2.29. The predicted octanol–water partition coefficient (Wildman–Crippen LogP) is 7.61. The summed E-state index contributed by atoms with van der Waals surface area (Å²) in [6.07, 6.45) is 19.3. The summed E-state index contributed by atoms with van der Waals surface area (Å²) in [4.78, 5) is 15.2. The second-order valence-electron chi connectivity index (χ2n) is 13.4. The third-order valence-electron chi connectivity index (χ3n) is 9.72. The van der Waals surface area contributed by atoms with Crippen molar-refractivity contribution in [3.05, 3.63) is 126 Å². The SMILES string of the molecule is CCC(CC(CC(CC(C)c1ccccc1)c1ccncc1)c1cc[n+](CCCCCC(=O)O)cc1)c1cc[n+](CCCS(=O)(=O)O)cc1. The lowest BCUT2D eigenvalue weighted by molar-refractivity contribution is -0.697. The summed E-state index contributed by atoms with van der Waals surface area (Å²) in [5, 5.41) is 8.94. The first-order valence-corrected chi connectivity index (χ1v) is 19.3. The molecule has 8 nitrogen and oxygen atoms in total. The Balaban J connectivity index is 1.56. The van der Waals surface area contributed by atoms with Crippen LogP contribution in [0.15, 0.2) is 104 Å². The molecule has 0 amide bonds. The quantitative estimate of drug-likeness (QED) is 0.0530. The summed E-state index contributed by atoms with van der Waals surface area (Å²) < 4.78 is 35.6. The number of nitrogens with zero attached hydrogens (tertiary/aromatic N) is 3. The maximum absolute atomic E-state index is 11.2. The van der Waals surface area contributed by atoms with Gasteiger partial charge in [0.15, 0.2) is 24.8 Å². The van der Waals surface area contributed by atoms with Crippen molar-refractivity contribution in [3.8, 4) is 0 Å². The first kappa shape index (κ1) is 37.9. The number of unbranched alkanes of at least 4 members (excludes halogenated alkanes) is 2. The van der Waals surface area contributed by atoms with E-state index < -0.39 is 16.1 Å². The molecule has 2 N–H and O–H groups in total. The Kier molecular flexibility index (Phi) is 14.9. The van der Waals surface area contributed by atoms with E-state index in [1.165, 1.54) is 22.3 Å². The van der Waals surface area contributed by atoms with Crippen molar-refractivity contribution >= 4 is 16.1 Å². The summed E-state index contributed by atoms with van der Waals surface area (Å²) in [5.41, 5.74) is 5.25. The molecule has 0 aliphatic carbocycles. The van der Waals surface area contributed by atoms with Gasteiger partial charge in [-0.15, -0.1) is 0 Å². The highest BCUT2D eigenvalue weighted by Crippen LogP contribution is 2.41. The highest BCUT2D eigenvalue weighted by atomic mass is 32.2. The van der Waals surface area contributed by atoms with E-state index in [4.69, 9.17) is 9.66 Å². The van der Waals surface area contributed by atoms with E-state index in [0.717, 1.165) is 45.1 Å². The third-order valence-corrected chi connectivity index (χ3v) is 10.5. The molecule has 0 aliphatic rings. The van der Waals surface area contributed by atoms with E-state index in [1.807, 2.05) is 29.4 Å². The van der Waals surface area contributed by atoms with Gasteiger partial charge in [0.25, 0.3) is 10.1 Å². The summed E-state index contributed by atoms with van der Waals surface area (Å²) in [7, 11) is -3.96. The number of aromatic nitrogens is 3. The van der Waals surface area contributed by atoms with E-state index in [9.17, 15) is 13.2 Å². The molecule has 3 aromatic heterocycles. The molecule has 0 bridgehead atoms. The van der Waals surface area contributed by atoms with Crippen LogP contribution in [-0.4, -0.2) is 34.8 Å². The van der Waals surface area contributed by atoms with Crippen molar-refractivity contribution in [3.63, 3.8) is 0 Å². The molecule has 49 heavy (non-hydrogen) atoms. The summed E-state index contributed by atoms with van der Waals surface area (Å²) >= 11 is 0. The lowest BCUT2D eigenvalue weighted by atomic mass is 9.75. The topological polar surface area (TPSA) is 112 Å². The van der Waals surface area contributed by atoms with E-state index in [0.29, 0.717) is 43.1 Å². The van der Waals surface area contributed by atoms with Crippen LogP contribution < -0.4 is 9.13 Å². The summed E-state index contributed by atoms with van der Waals surface area (Å²) in [6, 6.07) is 23.9. The average molecular weight is 688 g/mol. The molecule has 0 fully saturated rings. The third kappa shape index (κ3) is 13.1. The van der Waals surface area contributed by atoms with Crippen LogP contribution in [0.5, 0.6) is 0 Å². The maximum Gasteiger partial charge on any atom is 0.303 e. The molecule has 0 saturated carbocycles. The molecule has 0 radical (unpaired) electrons.